The van der Waals surface area contributed by atoms with Crippen molar-refractivity contribution in [3.05, 3.63) is 33.3 Å². The van der Waals surface area contributed by atoms with Gasteiger partial charge in [-0.1, -0.05) is 33.6 Å². The Morgan fingerprint density at radius 1 is 1.62 bits per heavy atom. The predicted octanol–water partition coefficient (Wildman–Crippen LogP) is 3.13. The van der Waals surface area contributed by atoms with Gasteiger partial charge in [0.15, 0.2) is 0 Å². The molecule has 1 nitrogen and oxygen atoms in total. The Bertz CT molecular complexity index is 343. The maximum absolute atomic E-state index is 5.84. The lowest BCUT2D eigenvalue weighted by molar-refractivity contribution is 0.751. The molecule has 0 radical (unpaired) electrons. The van der Waals surface area contributed by atoms with Crippen molar-refractivity contribution in [3.63, 3.8) is 0 Å². The second-order valence-corrected chi connectivity index (χ2v) is 3.97. The average Bonchev–Trinajstić information content (AvgIpc) is 2.04. The zero-order valence-electron chi connectivity index (χ0n) is 6.93. The van der Waals surface area contributed by atoms with Gasteiger partial charge in [0.05, 0.1) is 0 Å². The van der Waals surface area contributed by atoms with Crippen LogP contribution in [-0.4, -0.2) is 0 Å². The highest BCUT2D eigenvalue weighted by atomic mass is 79.9. The molecule has 2 N–H and O–H groups in total. The summed E-state index contributed by atoms with van der Waals surface area (Å²) in [5, 5.41) is 0.684. The van der Waals surface area contributed by atoms with Crippen LogP contribution in [0.15, 0.2) is 22.7 Å². The molecular weight excluding hydrogens is 249 g/mol. The minimum absolute atomic E-state index is 0.128. The summed E-state index contributed by atoms with van der Waals surface area (Å²) in [5.41, 5.74) is 6.83. The Morgan fingerprint density at radius 3 is 2.85 bits per heavy atom. The standard InChI is InChI=1S/C10H9BrClN/c1-2-3-10(13)8-5-4-7(12)6-9(8)11/h1,4-6,10H,3,13H2. The van der Waals surface area contributed by atoms with E-state index in [1.54, 1.807) is 6.07 Å². The average molecular weight is 259 g/mol. The minimum Gasteiger partial charge on any atom is -0.323 e. The number of nitrogens with two attached hydrogens (primary N) is 1. The molecule has 13 heavy (non-hydrogen) atoms. The van der Waals surface area contributed by atoms with Crippen LogP contribution in [0.25, 0.3) is 0 Å². The van der Waals surface area contributed by atoms with Crippen molar-refractivity contribution >= 4 is 27.5 Å². The predicted molar refractivity (Wildman–Crippen MR) is 59.5 cm³/mol. The van der Waals surface area contributed by atoms with Crippen LogP contribution in [0.4, 0.5) is 0 Å². The Hall–Kier alpha value is -0.490. The van der Waals surface area contributed by atoms with Gasteiger partial charge in [0.1, 0.15) is 0 Å². The zero-order chi connectivity index (χ0) is 9.84. The van der Waals surface area contributed by atoms with Crippen LogP contribution in [0.1, 0.15) is 18.0 Å². The monoisotopic (exact) mass is 257 g/mol. The van der Waals surface area contributed by atoms with Crippen molar-refractivity contribution in [2.45, 2.75) is 12.5 Å². The SMILES string of the molecule is C#CCC(N)c1ccc(Cl)cc1Br. The van der Waals surface area contributed by atoms with Crippen LogP contribution in [0.2, 0.25) is 5.02 Å². The molecule has 0 saturated heterocycles. The molecule has 0 amide bonds. The van der Waals surface area contributed by atoms with Crippen LogP contribution in [-0.2, 0) is 0 Å². The fraction of sp³-hybridized carbons (Fsp3) is 0.200. The minimum atomic E-state index is -0.128. The molecule has 0 fully saturated rings. The first-order valence-corrected chi connectivity index (χ1v) is 4.96. The fourth-order valence-electron chi connectivity index (χ4n) is 1.04. The Balaban J connectivity index is 2.96. The van der Waals surface area contributed by atoms with E-state index in [0.29, 0.717) is 11.4 Å². The smallest absolute Gasteiger partial charge is 0.0417 e. The van der Waals surface area contributed by atoms with Crippen molar-refractivity contribution in [1.29, 1.82) is 0 Å². The molecule has 0 aliphatic carbocycles. The van der Waals surface area contributed by atoms with Crippen molar-refractivity contribution < 1.29 is 0 Å². The summed E-state index contributed by atoms with van der Waals surface area (Å²) in [4.78, 5) is 0. The van der Waals surface area contributed by atoms with Crippen LogP contribution in [0.3, 0.4) is 0 Å². The molecule has 68 valence electrons. The molecule has 3 heteroatoms. The molecule has 0 aromatic heterocycles. The van der Waals surface area contributed by atoms with Gasteiger partial charge in [0.2, 0.25) is 0 Å². The van der Waals surface area contributed by atoms with Gasteiger partial charge >= 0.3 is 0 Å². The number of hydrogen-bond donors (Lipinski definition) is 1. The molecule has 0 saturated carbocycles. The van der Waals surface area contributed by atoms with Gasteiger partial charge < -0.3 is 5.73 Å². The summed E-state index contributed by atoms with van der Waals surface area (Å²) in [6.07, 6.45) is 5.70. The van der Waals surface area contributed by atoms with Crippen molar-refractivity contribution in [1.82, 2.24) is 0 Å². The molecule has 0 bridgehead atoms. The van der Waals surface area contributed by atoms with Crippen LogP contribution >= 0.6 is 27.5 Å². The Morgan fingerprint density at radius 2 is 2.31 bits per heavy atom. The fourth-order valence-corrected chi connectivity index (χ4v) is 2.02. The van der Waals surface area contributed by atoms with E-state index in [1.807, 2.05) is 12.1 Å². The molecule has 0 spiro atoms. The molecule has 1 atom stereocenters. The number of terminal acetylenes is 1. The van der Waals surface area contributed by atoms with Gasteiger partial charge in [0, 0.05) is 22.0 Å². The first kappa shape index (κ1) is 10.6. The summed E-state index contributed by atoms with van der Waals surface area (Å²) in [6.45, 7) is 0. The van der Waals surface area contributed by atoms with Gasteiger partial charge in [0.25, 0.3) is 0 Å². The Labute approximate surface area is 91.4 Å². The van der Waals surface area contributed by atoms with Gasteiger partial charge in [-0.25, -0.2) is 0 Å². The summed E-state index contributed by atoms with van der Waals surface area (Å²) in [6, 6.07) is 5.37. The lowest BCUT2D eigenvalue weighted by atomic mass is 10.1. The van der Waals surface area contributed by atoms with E-state index in [0.717, 1.165) is 10.0 Å². The molecule has 1 unspecified atom stereocenters. The highest BCUT2D eigenvalue weighted by molar-refractivity contribution is 9.10. The molecule has 0 aliphatic heterocycles. The highest BCUT2D eigenvalue weighted by Gasteiger charge is 2.08. The number of rotatable bonds is 2. The molecule has 0 aliphatic rings. The molecule has 0 heterocycles. The van der Waals surface area contributed by atoms with E-state index in [1.165, 1.54) is 0 Å². The van der Waals surface area contributed by atoms with Crippen molar-refractivity contribution in [3.8, 4) is 12.3 Å². The summed E-state index contributed by atoms with van der Waals surface area (Å²) < 4.78 is 0.905. The van der Waals surface area contributed by atoms with Crippen LogP contribution < -0.4 is 5.73 Å². The Kier molecular flexibility index (Phi) is 3.80. The third-order valence-electron chi connectivity index (χ3n) is 1.70. The van der Waals surface area contributed by atoms with E-state index in [2.05, 4.69) is 21.9 Å². The molecule has 1 aromatic carbocycles. The van der Waals surface area contributed by atoms with E-state index >= 15 is 0 Å². The molecule has 1 aromatic rings. The lowest BCUT2D eigenvalue weighted by Crippen LogP contribution is -2.09. The van der Waals surface area contributed by atoms with Crippen LogP contribution in [0.5, 0.6) is 0 Å². The van der Waals surface area contributed by atoms with Gasteiger partial charge in [-0.05, 0) is 17.7 Å². The maximum atomic E-state index is 5.84. The van der Waals surface area contributed by atoms with Gasteiger partial charge in [-0.15, -0.1) is 12.3 Å². The number of benzene rings is 1. The maximum Gasteiger partial charge on any atom is 0.0417 e. The second kappa shape index (κ2) is 4.66. The summed E-state index contributed by atoms with van der Waals surface area (Å²) in [5.74, 6) is 2.53. The van der Waals surface area contributed by atoms with E-state index in [-0.39, 0.29) is 6.04 Å². The summed E-state index contributed by atoms with van der Waals surface area (Å²) in [7, 11) is 0. The van der Waals surface area contributed by atoms with E-state index in [4.69, 9.17) is 23.8 Å². The summed E-state index contributed by atoms with van der Waals surface area (Å²) >= 11 is 9.17. The third-order valence-corrected chi connectivity index (χ3v) is 2.62. The lowest BCUT2D eigenvalue weighted by Gasteiger charge is -2.10. The van der Waals surface area contributed by atoms with Crippen molar-refractivity contribution in [2.24, 2.45) is 5.73 Å². The van der Waals surface area contributed by atoms with E-state index < -0.39 is 0 Å². The van der Waals surface area contributed by atoms with Crippen LogP contribution in [0, 0.1) is 12.3 Å². The molecular formula is C10H9BrClN. The first-order chi connectivity index (χ1) is 6.15. The van der Waals surface area contributed by atoms with Gasteiger partial charge in [-0.2, -0.15) is 0 Å². The number of hydrogen-bond acceptors (Lipinski definition) is 1. The normalized spacial score (nSPS) is 12.2. The topological polar surface area (TPSA) is 26.0 Å². The quantitative estimate of drug-likeness (QED) is 0.811. The van der Waals surface area contributed by atoms with Crippen molar-refractivity contribution in [2.75, 3.05) is 0 Å². The second-order valence-electron chi connectivity index (χ2n) is 2.68. The zero-order valence-corrected chi connectivity index (χ0v) is 9.27. The first-order valence-electron chi connectivity index (χ1n) is 3.79. The number of halogens is 2. The molecule has 1 rings (SSSR count). The van der Waals surface area contributed by atoms with E-state index in [9.17, 15) is 0 Å². The highest BCUT2D eigenvalue weighted by Crippen LogP contribution is 2.26. The largest absolute Gasteiger partial charge is 0.323 e. The van der Waals surface area contributed by atoms with Gasteiger partial charge in [-0.3, -0.25) is 0 Å². The third kappa shape index (κ3) is 2.73.